The number of piperidine rings is 1. The lowest BCUT2D eigenvalue weighted by Crippen LogP contribution is -2.40. The molecule has 1 saturated carbocycles. The first-order valence-corrected chi connectivity index (χ1v) is 8.82. The zero-order valence-electron chi connectivity index (χ0n) is 13.9. The minimum atomic E-state index is -0.0111. The van der Waals surface area contributed by atoms with Crippen LogP contribution in [0, 0.1) is 5.41 Å². The third kappa shape index (κ3) is 2.82. The number of benzene rings is 1. The highest BCUT2D eigenvalue weighted by Gasteiger charge is 2.38. The smallest absolute Gasteiger partial charge is 0.257 e. The molecule has 2 aromatic rings. The molecule has 2 heterocycles. The summed E-state index contributed by atoms with van der Waals surface area (Å²) in [6.45, 7) is 2.04. The van der Waals surface area contributed by atoms with Crippen molar-refractivity contribution in [2.45, 2.75) is 32.1 Å². The van der Waals surface area contributed by atoms with Crippen LogP contribution in [-0.4, -0.2) is 22.6 Å². The number of hydrogen-bond donors (Lipinski definition) is 1. The Morgan fingerprint density at radius 1 is 1.17 bits per heavy atom. The molecule has 4 rings (SSSR count). The first-order valence-electron chi connectivity index (χ1n) is 8.82. The van der Waals surface area contributed by atoms with Gasteiger partial charge in [0.25, 0.3) is 5.56 Å². The van der Waals surface area contributed by atoms with E-state index in [2.05, 4.69) is 16.5 Å². The summed E-state index contributed by atoms with van der Waals surface area (Å²) in [6, 6.07) is 11.5. The zero-order valence-corrected chi connectivity index (χ0v) is 13.9. The molecule has 24 heavy (non-hydrogen) atoms. The third-order valence-electron chi connectivity index (χ3n) is 5.48. The van der Waals surface area contributed by atoms with E-state index in [1.807, 2.05) is 30.3 Å². The Labute approximate surface area is 142 Å². The fraction of sp³-hybridized carbons (Fsp3) is 0.400. The Morgan fingerprint density at radius 3 is 2.71 bits per heavy atom. The van der Waals surface area contributed by atoms with Crippen LogP contribution in [0.1, 0.15) is 32.1 Å². The van der Waals surface area contributed by atoms with E-state index in [0.717, 1.165) is 30.8 Å². The van der Waals surface area contributed by atoms with Crippen LogP contribution in [0.5, 0.6) is 0 Å². The second-order valence-electron chi connectivity index (χ2n) is 6.95. The second kappa shape index (κ2) is 6.36. The SMILES string of the molecule is O=c1cc(-c2ccccc2)ncn1/C=C1/CCNCC12CCCC2. The largest absolute Gasteiger partial charge is 0.316 e. The van der Waals surface area contributed by atoms with Crippen molar-refractivity contribution in [3.63, 3.8) is 0 Å². The van der Waals surface area contributed by atoms with Gasteiger partial charge in [0.05, 0.1) is 5.69 Å². The van der Waals surface area contributed by atoms with Gasteiger partial charge in [-0.25, -0.2) is 4.98 Å². The fourth-order valence-electron chi connectivity index (χ4n) is 4.12. The van der Waals surface area contributed by atoms with Gasteiger partial charge in [-0.3, -0.25) is 9.36 Å². The van der Waals surface area contributed by atoms with Gasteiger partial charge in [0.2, 0.25) is 0 Å². The Kier molecular flexibility index (Phi) is 4.07. The van der Waals surface area contributed by atoms with Gasteiger partial charge in [0.1, 0.15) is 6.33 Å². The van der Waals surface area contributed by atoms with Crippen LogP contribution in [0.4, 0.5) is 0 Å². The summed E-state index contributed by atoms with van der Waals surface area (Å²) in [7, 11) is 0. The Hall–Kier alpha value is -2.20. The molecule has 0 radical (unpaired) electrons. The monoisotopic (exact) mass is 321 g/mol. The van der Waals surface area contributed by atoms with E-state index in [0.29, 0.717) is 0 Å². The van der Waals surface area contributed by atoms with Crippen molar-refractivity contribution < 1.29 is 0 Å². The van der Waals surface area contributed by atoms with Crippen molar-refractivity contribution in [2.75, 3.05) is 13.1 Å². The summed E-state index contributed by atoms with van der Waals surface area (Å²) in [6.07, 6.45) is 9.79. The van der Waals surface area contributed by atoms with E-state index in [1.165, 1.54) is 31.3 Å². The Morgan fingerprint density at radius 2 is 1.96 bits per heavy atom. The van der Waals surface area contributed by atoms with Crippen molar-refractivity contribution in [3.05, 3.63) is 58.7 Å². The van der Waals surface area contributed by atoms with E-state index >= 15 is 0 Å². The maximum Gasteiger partial charge on any atom is 0.257 e. The minimum Gasteiger partial charge on any atom is -0.316 e. The zero-order chi connectivity index (χ0) is 16.4. The molecule has 0 unspecified atom stereocenters. The predicted molar refractivity (Wildman–Crippen MR) is 96.6 cm³/mol. The van der Waals surface area contributed by atoms with Gasteiger partial charge in [-0.15, -0.1) is 0 Å². The normalized spacial score (nSPS) is 21.4. The Bertz CT molecular complexity index is 801. The van der Waals surface area contributed by atoms with Crippen molar-refractivity contribution >= 4 is 6.20 Å². The molecule has 2 fully saturated rings. The maximum atomic E-state index is 12.6. The molecule has 1 N–H and O–H groups in total. The van der Waals surface area contributed by atoms with Crippen molar-refractivity contribution in [2.24, 2.45) is 5.41 Å². The van der Waals surface area contributed by atoms with Crippen LogP contribution in [0.3, 0.4) is 0 Å². The fourth-order valence-corrected chi connectivity index (χ4v) is 4.12. The molecule has 1 aromatic heterocycles. The number of rotatable bonds is 2. The number of aromatic nitrogens is 2. The topological polar surface area (TPSA) is 46.9 Å². The lowest BCUT2D eigenvalue weighted by atomic mass is 9.75. The summed E-state index contributed by atoms with van der Waals surface area (Å²) in [4.78, 5) is 17.0. The third-order valence-corrected chi connectivity index (χ3v) is 5.48. The lowest BCUT2D eigenvalue weighted by Gasteiger charge is -2.37. The molecule has 0 bridgehead atoms. The summed E-state index contributed by atoms with van der Waals surface area (Å²) in [5, 5.41) is 3.53. The minimum absolute atomic E-state index is 0.0111. The first kappa shape index (κ1) is 15.3. The van der Waals surface area contributed by atoms with Crippen LogP contribution in [0.2, 0.25) is 0 Å². The van der Waals surface area contributed by atoms with Crippen LogP contribution in [0.15, 0.2) is 53.1 Å². The Balaban J connectivity index is 1.68. The molecule has 1 saturated heterocycles. The van der Waals surface area contributed by atoms with Gasteiger partial charge in [-0.1, -0.05) is 43.2 Å². The predicted octanol–water partition coefficient (Wildman–Crippen LogP) is 3.30. The van der Waals surface area contributed by atoms with Gasteiger partial charge in [0, 0.05) is 29.8 Å². The highest BCUT2D eigenvalue weighted by Crippen LogP contribution is 2.46. The summed E-state index contributed by atoms with van der Waals surface area (Å²) >= 11 is 0. The lowest BCUT2D eigenvalue weighted by molar-refractivity contribution is 0.303. The van der Waals surface area contributed by atoms with Crippen molar-refractivity contribution in [1.82, 2.24) is 14.9 Å². The van der Waals surface area contributed by atoms with Crippen LogP contribution in [0.25, 0.3) is 17.5 Å². The highest BCUT2D eigenvalue weighted by molar-refractivity contribution is 5.58. The van der Waals surface area contributed by atoms with Gasteiger partial charge in [0.15, 0.2) is 0 Å². The maximum absolute atomic E-state index is 12.6. The quantitative estimate of drug-likeness (QED) is 0.923. The average molecular weight is 321 g/mol. The molecule has 1 aliphatic carbocycles. The van der Waals surface area contributed by atoms with Crippen molar-refractivity contribution in [1.29, 1.82) is 0 Å². The van der Waals surface area contributed by atoms with Gasteiger partial charge >= 0.3 is 0 Å². The van der Waals surface area contributed by atoms with Gasteiger partial charge in [-0.05, 0) is 31.4 Å². The molecular formula is C20H23N3O. The van der Waals surface area contributed by atoms with Crippen LogP contribution in [-0.2, 0) is 0 Å². The molecule has 1 aliphatic heterocycles. The first-order chi connectivity index (χ1) is 11.8. The summed E-state index contributed by atoms with van der Waals surface area (Å²) in [5.41, 5.74) is 3.37. The average Bonchev–Trinajstić information content (AvgIpc) is 3.08. The molecule has 1 aromatic carbocycles. The number of nitrogens with zero attached hydrogens (tertiary/aromatic N) is 2. The summed E-state index contributed by atoms with van der Waals surface area (Å²) < 4.78 is 1.66. The molecule has 0 atom stereocenters. The van der Waals surface area contributed by atoms with Crippen LogP contribution >= 0.6 is 0 Å². The van der Waals surface area contributed by atoms with Gasteiger partial charge < -0.3 is 5.32 Å². The van der Waals surface area contributed by atoms with E-state index in [9.17, 15) is 4.79 Å². The number of hydrogen-bond acceptors (Lipinski definition) is 3. The number of nitrogens with one attached hydrogen (secondary N) is 1. The molecule has 4 nitrogen and oxygen atoms in total. The highest BCUT2D eigenvalue weighted by atomic mass is 16.1. The van der Waals surface area contributed by atoms with E-state index in [4.69, 9.17) is 0 Å². The van der Waals surface area contributed by atoms with E-state index in [-0.39, 0.29) is 11.0 Å². The summed E-state index contributed by atoms with van der Waals surface area (Å²) in [5.74, 6) is 0. The molecule has 1 spiro atoms. The van der Waals surface area contributed by atoms with Gasteiger partial charge in [-0.2, -0.15) is 0 Å². The molecule has 124 valence electrons. The van der Waals surface area contributed by atoms with Crippen molar-refractivity contribution in [3.8, 4) is 11.3 Å². The van der Waals surface area contributed by atoms with E-state index in [1.54, 1.807) is 17.0 Å². The second-order valence-corrected chi connectivity index (χ2v) is 6.95. The standard InChI is InChI=1S/C20H23N3O/c24-19-12-18(16-6-2-1-3-7-16)22-15-23(19)13-17-8-11-21-14-20(17)9-4-5-10-20/h1-3,6-7,12-13,15,21H,4-5,8-11,14H2/b17-13-. The van der Waals surface area contributed by atoms with Crippen LogP contribution < -0.4 is 10.9 Å². The van der Waals surface area contributed by atoms with E-state index < -0.39 is 0 Å². The molecule has 2 aliphatic rings. The molecular weight excluding hydrogens is 298 g/mol. The molecule has 4 heteroatoms. The molecule has 0 amide bonds.